The number of carbonyl (C=O) groups excluding carboxylic acids is 1. The van der Waals surface area contributed by atoms with Gasteiger partial charge in [0.1, 0.15) is 5.82 Å². The first kappa shape index (κ1) is 19.9. The number of aromatic amines is 1. The predicted molar refractivity (Wildman–Crippen MR) is 119 cm³/mol. The van der Waals surface area contributed by atoms with E-state index < -0.39 is 11.2 Å². The van der Waals surface area contributed by atoms with Crippen LogP contribution in [-0.4, -0.2) is 26.2 Å². The molecule has 4 rings (SSSR count). The maximum absolute atomic E-state index is 12.5. The van der Waals surface area contributed by atoms with Crippen LogP contribution in [0.2, 0.25) is 5.02 Å². The summed E-state index contributed by atoms with van der Waals surface area (Å²) in [7, 11) is 0. The van der Waals surface area contributed by atoms with Gasteiger partial charge < -0.3 is 5.32 Å². The Kier molecular flexibility index (Phi) is 5.69. The molecule has 0 spiro atoms. The second kappa shape index (κ2) is 8.56. The van der Waals surface area contributed by atoms with Gasteiger partial charge in [0.15, 0.2) is 0 Å². The fourth-order valence-electron chi connectivity index (χ4n) is 2.88. The largest absolute Gasteiger partial charge is 0.334 e. The minimum absolute atomic E-state index is 0.0624. The number of halogens is 1. The summed E-state index contributed by atoms with van der Waals surface area (Å²) in [6, 6.07) is 19.1. The quantitative estimate of drug-likeness (QED) is 0.465. The minimum atomic E-state index is -0.663. The van der Waals surface area contributed by atoms with E-state index in [1.165, 1.54) is 16.3 Å². The van der Waals surface area contributed by atoms with Crippen LogP contribution in [0.4, 0.5) is 5.82 Å². The van der Waals surface area contributed by atoms with E-state index in [2.05, 4.69) is 15.3 Å². The third kappa shape index (κ3) is 4.45. The highest BCUT2D eigenvalue weighted by Gasteiger charge is 2.12. The van der Waals surface area contributed by atoms with Crippen molar-refractivity contribution in [3.8, 4) is 5.69 Å². The Bertz CT molecular complexity index is 1350. The number of fused-ring (bicyclic) bond motifs is 1. The van der Waals surface area contributed by atoms with Crippen molar-refractivity contribution in [2.45, 2.75) is 5.03 Å². The maximum Gasteiger partial charge on any atom is 0.334 e. The SMILES string of the molecule is O=C(CSc1ccc2ccccc2n1)Nc1cc(=O)[nH]c(=O)n1-c1ccc(Cl)cc1. The molecule has 4 aromatic rings. The van der Waals surface area contributed by atoms with Crippen molar-refractivity contribution in [1.82, 2.24) is 14.5 Å². The molecule has 7 nitrogen and oxygen atoms in total. The number of aromatic nitrogens is 3. The highest BCUT2D eigenvalue weighted by atomic mass is 35.5. The standard InChI is InChI=1S/C21H15ClN4O3S/c22-14-6-8-15(9-7-14)26-17(11-18(27)25-21(26)29)24-19(28)12-30-20-10-5-13-3-1-2-4-16(13)23-20/h1-11H,12H2,(H,24,28)(H,25,27,29). The van der Waals surface area contributed by atoms with Crippen LogP contribution < -0.4 is 16.6 Å². The van der Waals surface area contributed by atoms with E-state index >= 15 is 0 Å². The number of H-pyrrole nitrogens is 1. The molecule has 0 aliphatic carbocycles. The van der Waals surface area contributed by atoms with Crippen molar-refractivity contribution in [2.75, 3.05) is 11.1 Å². The average molecular weight is 439 g/mol. The molecule has 2 aromatic carbocycles. The fraction of sp³-hybridized carbons (Fsp3) is 0.0476. The van der Waals surface area contributed by atoms with Crippen LogP contribution in [-0.2, 0) is 4.79 Å². The normalized spacial score (nSPS) is 10.8. The van der Waals surface area contributed by atoms with Crippen LogP contribution in [0.1, 0.15) is 0 Å². The molecule has 0 bridgehead atoms. The number of rotatable bonds is 5. The summed E-state index contributed by atoms with van der Waals surface area (Å²) in [5, 5.41) is 4.85. The number of nitrogens with zero attached hydrogens (tertiary/aromatic N) is 2. The molecule has 9 heteroatoms. The molecule has 150 valence electrons. The number of amides is 1. The number of hydrogen-bond acceptors (Lipinski definition) is 5. The first-order valence-electron chi connectivity index (χ1n) is 8.90. The van der Waals surface area contributed by atoms with Crippen LogP contribution in [0.25, 0.3) is 16.6 Å². The van der Waals surface area contributed by atoms with Gasteiger partial charge >= 0.3 is 5.69 Å². The summed E-state index contributed by atoms with van der Waals surface area (Å²) in [5.41, 5.74) is 0.0298. The Morgan fingerprint density at radius 2 is 1.83 bits per heavy atom. The van der Waals surface area contributed by atoms with Gasteiger partial charge in [-0.05, 0) is 36.4 Å². The van der Waals surface area contributed by atoms with Crippen molar-refractivity contribution in [3.63, 3.8) is 0 Å². The van der Waals surface area contributed by atoms with Crippen LogP contribution in [0, 0.1) is 0 Å². The molecule has 0 aliphatic rings. The lowest BCUT2D eigenvalue weighted by molar-refractivity contribution is -0.113. The molecule has 2 heterocycles. The molecule has 0 unspecified atom stereocenters. The van der Waals surface area contributed by atoms with E-state index in [1.807, 2.05) is 36.4 Å². The second-order valence-electron chi connectivity index (χ2n) is 6.31. The van der Waals surface area contributed by atoms with E-state index in [4.69, 9.17) is 11.6 Å². The van der Waals surface area contributed by atoms with Crippen LogP contribution >= 0.6 is 23.4 Å². The molecular formula is C21H15ClN4O3S. The minimum Gasteiger partial charge on any atom is -0.311 e. The van der Waals surface area contributed by atoms with E-state index in [9.17, 15) is 14.4 Å². The van der Waals surface area contributed by atoms with Crippen molar-refractivity contribution in [3.05, 3.63) is 92.6 Å². The summed E-state index contributed by atoms with van der Waals surface area (Å²) >= 11 is 7.16. The molecule has 2 aromatic heterocycles. The Morgan fingerprint density at radius 1 is 1.07 bits per heavy atom. The summed E-state index contributed by atoms with van der Waals surface area (Å²) < 4.78 is 1.20. The number of nitrogens with one attached hydrogen (secondary N) is 2. The second-order valence-corrected chi connectivity index (χ2v) is 7.75. The zero-order chi connectivity index (χ0) is 21.1. The first-order chi connectivity index (χ1) is 14.5. The van der Waals surface area contributed by atoms with Crippen molar-refractivity contribution >= 4 is 46.0 Å². The molecule has 30 heavy (non-hydrogen) atoms. The van der Waals surface area contributed by atoms with Gasteiger partial charge in [-0.25, -0.2) is 14.3 Å². The van der Waals surface area contributed by atoms with Crippen molar-refractivity contribution in [1.29, 1.82) is 0 Å². The van der Waals surface area contributed by atoms with Gasteiger partial charge in [0.25, 0.3) is 5.56 Å². The number of thioether (sulfide) groups is 1. The zero-order valence-electron chi connectivity index (χ0n) is 15.5. The molecule has 0 saturated heterocycles. The Hall–Kier alpha value is -3.36. The topological polar surface area (TPSA) is 96.8 Å². The Balaban J connectivity index is 1.54. The van der Waals surface area contributed by atoms with Gasteiger partial charge in [0, 0.05) is 16.5 Å². The molecule has 1 amide bonds. The van der Waals surface area contributed by atoms with Crippen LogP contribution in [0.5, 0.6) is 0 Å². The van der Waals surface area contributed by atoms with E-state index in [1.54, 1.807) is 24.3 Å². The predicted octanol–water partition coefficient (Wildman–Crippen LogP) is 3.46. The molecule has 0 aliphatic heterocycles. The van der Waals surface area contributed by atoms with E-state index in [0.717, 1.165) is 17.0 Å². The summed E-state index contributed by atoms with van der Waals surface area (Å²) in [6.07, 6.45) is 0. The molecule has 0 fully saturated rings. The van der Waals surface area contributed by atoms with Gasteiger partial charge in [-0.2, -0.15) is 0 Å². The number of benzene rings is 2. The zero-order valence-corrected chi connectivity index (χ0v) is 17.0. The average Bonchev–Trinajstić information content (AvgIpc) is 2.73. The highest BCUT2D eigenvalue weighted by Crippen LogP contribution is 2.20. The number of para-hydroxylation sites is 1. The lowest BCUT2D eigenvalue weighted by Gasteiger charge is -2.13. The van der Waals surface area contributed by atoms with E-state index in [-0.39, 0.29) is 17.5 Å². The fourth-order valence-corrected chi connectivity index (χ4v) is 3.68. The smallest absolute Gasteiger partial charge is 0.311 e. The number of pyridine rings is 1. The molecule has 2 N–H and O–H groups in total. The number of hydrogen-bond donors (Lipinski definition) is 2. The number of anilines is 1. The third-order valence-corrected chi connectivity index (χ3v) is 5.40. The van der Waals surface area contributed by atoms with Crippen LogP contribution in [0.3, 0.4) is 0 Å². The van der Waals surface area contributed by atoms with Crippen molar-refractivity contribution < 1.29 is 4.79 Å². The summed E-state index contributed by atoms with van der Waals surface area (Å²) in [6.45, 7) is 0. The van der Waals surface area contributed by atoms with Gasteiger partial charge in [-0.15, -0.1) is 0 Å². The van der Waals surface area contributed by atoms with Gasteiger partial charge in [0.2, 0.25) is 5.91 Å². The lowest BCUT2D eigenvalue weighted by atomic mass is 10.2. The van der Waals surface area contributed by atoms with Crippen LogP contribution in [0.15, 0.2) is 81.3 Å². The molecule has 0 atom stereocenters. The van der Waals surface area contributed by atoms with Crippen molar-refractivity contribution in [2.24, 2.45) is 0 Å². The first-order valence-corrected chi connectivity index (χ1v) is 10.3. The van der Waals surface area contributed by atoms with Gasteiger partial charge in [0.05, 0.1) is 22.0 Å². The maximum atomic E-state index is 12.5. The van der Waals surface area contributed by atoms with Gasteiger partial charge in [-0.1, -0.05) is 47.6 Å². The highest BCUT2D eigenvalue weighted by molar-refractivity contribution is 7.99. The Labute approximate surface area is 179 Å². The van der Waals surface area contributed by atoms with Gasteiger partial charge in [-0.3, -0.25) is 14.6 Å². The Morgan fingerprint density at radius 3 is 2.63 bits per heavy atom. The lowest BCUT2D eigenvalue weighted by Crippen LogP contribution is -2.32. The summed E-state index contributed by atoms with van der Waals surface area (Å²) in [5.74, 6) is -0.238. The number of carbonyl (C=O) groups is 1. The molecule has 0 radical (unpaired) electrons. The third-order valence-electron chi connectivity index (χ3n) is 4.22. The summed E-state index contributed by atoms with van der Waals surface area (Å²) in [4.78, 5) is 43.3. The monoisotopic (exact) mass is 438 g/mol. The molecular weight excluding hydrogens is 424 g/mol. The van der Waals surface area contributed by atoms with E-state index in [0.29, 0.717) is 15.7 Å². The molecule has 0 saturated carbocycles.